The van der Waals surface area contributed by atoms with E-state index >= 15 is 0 Å². The van der Waals surface area contributed by atoms with Crippen LogP contribution in [0.5, 0.6) is 5.75 Å². The Bertz CT molecular complexity index is 790. The highest BCUT2D eigenvalue weighted by Gasteiger charge is 2.23. The van der Waals surface area contributed by atoms with Crippen molar-refractivity contribution in [2.45, 2.75) is 13.0 Å². The molecule has 1 fully saturated rings. The van der Waals surface area contributed by atoms with Crippen LogP contribution in [-0.2, 0) is 4.79 Å². The minimum Gasteiger partial charge on any atom is -0.508 e. The minimum atomic E-state index is -0.606. The van der Waals surface area contributed by atoms with Gasteiger partial charge in [0.15, 0.2) is 6.54 Å². The van der Waals surface area contributed by atoms with E-state index in [9.17, 15) is 18.7 Å². The number of aromatic hydroxyl groups is 1. The van der Waals surface area contributed by atoms with E-state index in [0.29, 0.717) is 18.7 Å². The minimum absolute atomic E-state index is 0.00901. The zero-order chi connectivity index (χ0) is 19.4. The van der Waals surface area contributed by atoms with Crippen molar-refractivity contribution < 1.29 is 24.0 Å². The molecule has 27 heavy (non-hydrogen) atoms. The SMILES string of the molecule is C[C@H]([NH2+]CC(=O)N1CCN(c2ccc(O)cc2)CC1)c1ccc(F)cc1F. The topological polar surface area (TPSA) is 60.4 Å². The molecule has 7 heteroatoms. The Morgan fingerprint density at radius 3 is 2.41 bits per heavy atom. The molecular formula is C20H24F2N3O2+. The maximum absolute atomic E-state index is 13.8. The highest BCUT2D eigenvalue weighted by molar-refractivity contribution is 5.77. The van der Waals surface area contributed by atoms with Crippen molar-refractivity contribution in [2.75, 3.05) is 37.6 Å². The third-order valence-electron chi connectivity index (χ3n) is 4.95. The van der Waals surface area contributed by atoms with Crippen molar-refractivity contribution in [3.63, 3.8) is 0 Å². The molecule has 3 rings (SSSR count). The van der Waals surface area contributed by atoms with E-state index in [-0.39, 0.29) is 24.2 Å². The molecule has 1 aliphatic heterocycles. The fourth-order valence-corrected chi connectivity index (χ4v) is 3.28. The normalized spacial score (nSPS) is 15.7. The molecule has 0 bridgehead atoms. The number of nitrogens with zero attached hydrogens (tertiary/aromatic N) is 2. The van der Waals surface area contributed by atoms with Gasteiger partial charge in [-0.2, -0.15) is 0 Å². The summed E-state index contributed by atoms with van der Waals surface area (Å²) in [4.78, 5) is 16.4. The van der Waals surface area contributed by atoms with E-state index in [2.05, 4.69) is 4.90 Å². The van der Waals surface area contributed by atoms with Gasteiger partial charge in [0, 0.05) is 43.5 Å². The van der Waals surface area contributed by atoms with Gasteiger partial charge >= 0.3 is 0 Å². The van der Waals surface area contributed by atoms with E-state index in [0.717, 1.165) is 24.8 Å². The molecule has 1 atom stereocenters. The van der Waals surface area contributed by atoms with Gasteiger partial charge in [-0.05, 0) is 43.3 Å². The lowest BCUT2D eigenvalue weighted by atomic mass is 10.1. The Balaban J connectivity index is 1.48. The van der Waals surface area contributed by atoms with Crippen molar-refractivity contribution in [3.05, 3.63) is 59.7 Å². The number of piperazine rings is 1. The number of hydrogen-bond acceptors (Lipinski definition) is 3. The van der Waals surface area contributed by atoms with Crippen LogP contribution in [0.1, 0.15) is 18.5 Å². The predicted octanol–water partition coefficient (Wildman–Crippen LogP) is 1.64. The highest BCUT2D eigenvalue weighted by atomic mass is 19.1. The Labute approximate surface area is 157 Å². The van der Waals surface area contributed by atoms with Crippen molar-refractivity contribution in [1.82, 2.24) is 4.90 Å². The van der Waals surface area contributed by atoms with Gasteiger partial charge in [-0.15, -0.1) is 0 Å². The number of anilines is 1. The molecule has 0 unspecified atom stereocenters. The van der Waals surface area contributed by atoms with Gasteiger partial charge < -0.3 is 20.2 Å². The van der Waals surface area contributed by atoms with Crippen LogP contribution in [0, 0.1) is 11.6 Å². The second-order valence-electron chi connectivity index (χ2n) is 6.78. The number of phenolic OH excluding ortho intramolecular Hbond substituents is 1. The van der Waals surface area contributed by atoms with Gasteiger partial charge in [0.25, 0.3) is 5.91 Å². The Kier molecular flexibility index (Phi) is 5.91. The summed E-state index contributed by atoms with van der Waals surface area (Å²) < 4.78 is 26.8. The summed E-state index contributed by atoms with van der Waals surface area (Å²) in [5, 5.41) is 11.1. The maximum atomic E-state index is 13.8. The predicted molar refractivity (Wildman–Crippen MR) is 98.5 cm³/mol. The fraction of sp³-hybridized carbons (Fsp3) is 0.350. The second kappa shape index (κ2) is 8.35. The van der Waals surface area contributed by atoms with E-state index in [1.807, 2.05) is 12.1 Å². The fourth-order valence-electron chi connectivity index (χ4n) is 3.28. The summed E-state index contributed by atoms with van der Waals surface area (Å²) in [7, 11) is 0. The summed E-state index contributed by atoms with van der Waals surface area (Å²) in [6, 6.07) is 10.3. The van der Waals surface area contributed by atoms with Gasteiger partial charge in [0.1, 0.15) is 23.4 Å². The number of benzene rings is 2. The molecule has 2 aromatic rings. The molecule has 1 saturated heterocycles. The molecule has 1 amide bonds. The molecule has 0 radical (unpaired) electrons. The molecule has 0 aromatic heterocycles. The second-order valence-corrected chi connectivity index (χ2v) is 6.78. The van der Waals surface area contributed by atoms with Crippen molar-refractivity contribution >= 4 is 11.6 Å². The standard InChI is InChI=1S/C20H23F2N3O2/c1-14(18-7-2-15(21)12-19(18)22)23-13-20(27)25-10-8-24(9-11-25)16-3-5-17(26)6-4-16/h2-7,12,14,23,26H,8-11,13H2,1H3/p+1/t14-/m0/s1. The first-order valence-corrected chi connectivity index (χ1v) is 9.04. The largest absolute Gasteiger partial charge is 0.508 e. The lowest BCUT2D eigenvalue weighted by Crippen LogP contribution is -2.87. The Hall–Kier alpha value is -2.67. The molecule has 1 heterocycles. The number of nitrogens with two attached hydrogens (primary N) is 1. The third-order valence-corrected chi connectivity index (χ3v) is 4.95. The number of quaternary nitrogens is 1. The first-order chi connectivity index (χ1) is 12.9. The monoisotopic (exact) mass is 376 g/mol. The summed E-state index contributed by atoms with van der Waals surface area (Å²) in [6.07, 6.45) is 0. The molecule has 0 aliphatic carbocycles. The number of rotatable bonds is 5. The van der Waals surface area contributed by atoms with E-state index < -0.39 is 11.6 Å². The quantitative estimate of drug-likeness (QED) is 0.834. The molecule has 0 saturated carbocycles. The molecule has 2 aromatic carbocycles. The van der Waals surface area contributed by atoms with Gasteiger partial charge in [-0.25, -0.2) is 8.78 Å². The van der Waals surface area contributed by atoms with Gasteiger partial charge in [0.05, 0.1) is 0 Å². The molecule has 5 nitrogen and oxygen atoms in total. The Morgan fingerprint density at radius 2 is 1.78 bits per heavy atom. The van der Waals surface area contributed by atoms with E-state index in [4.69, 9.17) is 0 Å². The molecule has 144 valence electrons. The highest BCUT2D eigenvalue weighted by Crippen LogP contribution is 2.20. The van der Waals surface area contributed by atoms with Gasteiger partial charge in [-0.1, -0.05) is 0 Å². The summed E-state index contributed by atoms with van der Waals surface area (Å²) in [5.41, 5.74) is 1.41. The average Bonchev–Trinajstić information content (AvgIpc) is 2.66. The van der Waals surface area contributed by atoms with Crippen LogP contribution in [0.4, 0.5) is 14.5 Å². The first-order valence-electron chi connectivity index (χ1n) is 9.04. The summed E-state index contributed by atoms with van der Waals surface area (Å²) >= 11 is 0. The van der Waals surface area contributed by atoms with Crippen molar-refractivity contribution in [3.8, 4) is 5.75 Å². The number of carbonyl (C=O) groups excluding carboxylic acids is 1. The lowest BCUT2D eigenvalue weighted by Gasteiger charge is -2.36. The first kappa shape index (κ1) is 19.1. The van der Waals surface area contributed by atoms with Crippen LogP contribution in [0.2, 0.25) is 0 Å². The van der Waals surface area contributed by atoms with Gasteiger partial charge in [-0.3, -0.25) is 4.79 Å². The van der Waals surface area contributed by atoms with Crippen LogP contribution in [0.15, 0.2) is 42.5 Å². The van der Waals surface area contributed by atoms with Crippen LogP contribution in [0.25, 0.3) is 0 Å². The van der Waals surface area contributed by atoms with Crippen LogP contribution < -0.4 is 10.2 Å². The van der Waals surface area contributed by atoms with Crippen LogP contribution >= 0.6 is 0 Å². The third kappa shape index (κ3) is 4.74. The molecule has 1 aliphatic rings. The lowest BCUT2D eigenvalue weighted by molar-refractivity contribution is -0.683. The van der Waals surface area contributed by atoms with Crippen LogP contribution in [-0.4, -0.2) is 48.6 Å². The zero-order valence-corrected chi connectivity index (χ0v) is 15.2. The number of hydrogen-bond donors (Lipinski definition) is 2. The van der Waals surface area contributed by atoms with Gasteiger partial charge in [0.2, 0.25) is 0 Å². The number of phenols is 1. The van der Waals surface area contributed by atoms with E-state index in [1.165, 1.54) is 12.1 Å². The maximum Gasteiger partial charge on any atom is 0.277 e. The number of halogens is 2. The number of carbonyl (C=O) groups is 1. The molecule has 0 spiro atoms. The number of amides is 1. The molecular weight excluding hydrogens is 352 g/mol. The zero-order valence-electron chi connectivity index (χ0n) is 15.2. The van der Waals surface area contributed by atoms with Crippen LogP contribution in [0.3, 0.4) is 0 Å². The van der Waals surface area contributed by atoms with Crippen molar-refractivity contribution in [2.24, 2.45) is 0 Å². The summed E-state index contributed by atoms with van der Waals surface area (Å²) in [6.45, 7) is 4.69. The van der Waals surface area contributed by atoms with E-state index in [1.54, 1.807) is 29.3 Å². The average molecular weight is 376 g/mol. The summed E-state index contributed by atoms with van der Waals surface area (Å²) in [5.74, 6) is -0.954. The van der Waals surface area contributed by atoms with Crippen molar-refractivity contribution in [1.29, 1.82) is 0 Å². The molecule has 3 N–H and O–H groups in total. The Morgan fingerprint density at radius 1 is 1.11 bits per heavy atom. The smallest absolute Gasteiger partial charge is 0.277 e.